The number of ether oxygens (including phenoxy) is 1. The summed E-state index contributed by atoms with van der Waals surface area (Å²) in [5, 5.41) is 11.3. The Balaban J connectivity index is 2.25. The van der Waals surface area contributed by atoms with Gasteiger partial charge in [0.25, 0.3) is 5.69 Å². The first kappa shape index (κ1) is 22.2. The van der Waals surface area contributed by atoms with Crippen LogP contribution < -0.4 is 0 Å². The van der Waals surface area contributed by atoms with Gasteiger partial charge >= 0.3 is 0 Å². The molecular weight excluding hydrogens is 402 g/mol. The van der Waals surface area contributed by atoms with Crippen LogP contribution in [0, 0.1) is 4.91 Å². The molecule has 5 nitrogen and oxygen atoms in total. The number of Topliss-reactive ketones (excluding diaryl/α,β-unsaturated/α-hetero) is 1. The summed E-state index contributed by atoms with van der Waals surface area (Å²) in [6.07, 6.45) is 0.691. The molecular formula is C24H27ClNO4+. The molecule has 1 N–H and O–H groups in total. The number of carbonyl (C=O) groups excluding carboxylic acids is 1. The molecule has 3 rings (SSSR count). The highest BCUT2D eigenvalue weighted by atomic mass is 35.5. The van der Waals surface area contributed by atoms with Crippen LogP contribution in [-0.2, 0) is 16.0 Å². The van der Waals surface area contributed by atoms with E-state index >= 15 is 0 Å². The minimum Gasteiger partial charge on any atom is -0.508 e. The van der Waals surface area contributed by atoms with Gasteiger partial charge in [-0.25, -0.2) is 0 Å². The number of benzene rings is 2. The number of aliphatic hydroxyl groups is 1. The molecule has 0 bridgehead atoms. The standard InChI is InChI=1S/C24H26ClNO4/c1-7-14-8-9-15(16-10-11-18(25)19(13-16)26(6)29)12-17(14)20-21(27)23(2,3)30-24(4,5)22(20)28/h8-13H,7H2,1-6H3/p+1. The van der Waals surface area contributed by atoms with Crippen molar-refractivity contribution in [1.29, 1.82) is 0 Å². The average molecular weight is 429 g/mol. The Morgan fingerprint density at radius 1 is 1.03 bits per heavy atom. The summed E-state index contributed by atoms with van der Waals surface area (Å²) in [6.45, 7) is 8.94. The first-order chi connectivity index (χ1) is 13.9. The second-order valence-electron chi connectivity index (χ2n) is 8.56. The predicted octanol–water partition coefficient (Wildman–Crippen LogP) is 6.04. The highest BCUT2D eigenvalue weighted by molar-refractivity contribution is 6.32. The van der Waals surface area contributed by atoms with Gasteiger partial charge in [0.1, 0.15) is 22.0 Å². The van der Waals surface area contributed by atoms with Crippen molar-refractivity contribution in [3.63, 3.8) is 0 Å². The summed E-state index contributed by atoms with van der Waals surface area (Å²) in [6, 6.07) is 11.0. The van der Waals surface area contributed by atoms with Crippen molar-refractivity contribution in [3.05, 3.63) is 63.2 Å². The van der Waals surface area contributed by atoms with E-state index in [4.69, 9.17) is 16.3 Å². The zero-order chi connectivity index (χ0) is 22.4. The predicted molar refractivity (Wildman–Crippen MR) is 119 cm³/mol. The van der Waals surface area contributed by atoms with Crippen molar-refractivity contribution in [2.75, 3.05) is 7.05 Å². The maximum Gasteiger partial charge on any atom is 0.274 e. The Labute approximate surface area is 181 Å². The Morgan fingerprint density at radius 3 is 2.23 bits per heavy atom. The topological polar surface area (TPSA) is 66.6 Å². The molecule has 1 aliphatic heterocycles. The lowest BCUT2D eigenvalue weighted by Gasteiger charge is -2.40. The van der Waals surface area contributed by atoms with Gasteiger partial charge in [0.05, 0.1) is 5.57 Å². The second kappa shape index (κ2) is 7.64. The molecule has 1 heterocycles. The van der Waals surface area contributed by atoms with Crippen molar-refractivity contribution >= 4 is 28.6 Å². The number of carbonyl (C=O) groups is 1. The maximum atomic E-state index is 13.2. The van der Waals surface area contributed by atoms with Crippen molar-refractivity contribution < 1.29 is 19.4 Å². The van der Waals surface area contributed by atoms with Gasteiger partial charge in [-0.1, -0.05) is 36.7 Å². The minimum atomic E-state index is -1.06. The molecule has 0 spiro atoms. The Morgan fingerprint density at radius 2 is 1.63 bits per heavy atom. The van der Waals surface area contributed by atoms with E-state index in [1.807, 2.05) is 31.2 Å². The van der Waals surface area contributed by atoms with Gasteiger partial charge in [0.2, 0.25) is 0 Å². The number of nitrogens with zero attached hydrogens (tertiary/aromatic N) is 1. The lowest BCUT2D eigenvalue weighted by molar-refractivity contribution is -0.428. The van der Waals surface area contributed by atoms with Gasteiger partial charge in [0, 0.05) is 15.7 Å². The van der Waals surface area contributed by atoms with Crippen molar-refractivity contribution in [1.82, 2.24) is 0 Å². The van der Waals surface area contributed by atoms with Crippen LogP contribution in [0.25, 0.3) is 16.7 Å². The van der Waals surface area contributed by atoms with E-state index in [-0.39, 0.29) is 17.1 Å². The SMILES string of the molecule is CCc1ccc(-c2ccc(Cl)c([N+](C)=O)c2)cc1C1=C(O)C(C)(C)OC(C)(C)C1=O. The van der Waals surface area contributed by atoms with E-state index < -0.39 is 11.2 Å². The van der Waals surface area contributed by atoms with E-state index in [0.717, 1.165) is 16.7 Å². The molecule has 0 saturated heterocycles. The summed E-state index contributed by atoms with van der Waals surface area (Å²) in [5.41, 5.74) is 1.81. The molecule has 0 radical (unpaired) electrons. The van der Waals surface area contributed by atoms with Crippen LogP contribution in [0.2, 0.25) is 5.02 Å². The number of nitroso groups, excluding NO2 is 1. The normalized spacial score (nSPS) is 17.9. The maximum absolute atomic E-state index is 13.2. The number of hydrogen-bond acceptors (Lipinski definition) is 4. The number of ketones is 1. The molecule has 0 atom stereocenters. The van der Waals surface area contributed by atoms with Crippen LogP contribution >= 0.6 is 11.6 Å². The fourth-order valence-corrected chi connectivity index (χ4v) is 4.16. The zero-order valence-electron chi connectivity index (χ0n) is 18.2. The monoisotopic (exact) mass is 428 g/mol. The first-order valence-electron chi connectivity index (χ1n) is 9.92. The summed E-state index contributed by atoms with van der Waals surface area (Å²) < 4.78 is 6.59. The highest BCUT2D eigenvalue weighted by Gasteiger charge is 2.47. The molecule has 158 valence electrons. The van der Waals surface area contributed by atoms with Gasteiger partial charge in [0.15, 0.2) is 12.8 Å². The molecule has 0 amide bonds. The van der Waals surface area contributed by atoms with E-state index in [0.29, 0.717) is 27.5 Å². The van der Waals surface area contributed by atoms with Crippen molar-refractivity contribution in [2.24, 2.45) is 0 Å². The first-order valence-corrected chi connectivity index (χ1v) is 10.3. The third-order valence-electron chi connectivity index (χ3n) is 5.47. The summed E-state index contributed by atoms with van der Waals surface area (Å²) in [7, 11) is 1.39. The smallest absolute Gasteiger partial charge is 0.274 e. The third-order valence-corrected chi connectivity index (χ3v) is 5.79. The summed E-state index contributed by atoms with van der Waals surface area (Å²) in [4.78, 5) is 25.1. The minimum absolute atomic E-state index is 0.0743. The van der Waals surface area contributed by atoms with Crippen LogP contribution in [0.1, 0.15) is 45.7 Å². The van der Waals surface area contributed by atoms with E-state index in [1.165, 1.54) is 7.05 Å². The molecule has 6 heteroatoms. The van der Waals surface area contributed by atoms with Gasteiger partial charge in [-0.3, -0.25) is 4.79 Å². The number of halogens is 1. The molecule has 0 aromatic heterocycles. The fourth-order valence-electron chi connectivity index (χ4n) is 3.92. The summed E-state index contributed by atoms with van der Waals surface area (Å²) in [5.74, 6) is -0.336. The van der Waals surface area contributed by atoms with Crippen LogP contribution in [0.15, 0.2) is 42.2 Å². The molecule has 2 aromatic rings. The molecule has 1 aliphatic rings. The van der Waals surface area contributed by atoms with Gasteiger partial charge < -0.3 is 9.84 Å². The van der Waals surface area contributed by atoms with E-state index in [9.17, 15) is 14.8 Å². The number of hydrogen-bond donors (Lipinski definition) is 1. The van der Waals surface area contributed by atoms with E-state index in [1.54, 1.807) is 39.8 Å². The van der Waals surface area contributed by atoms with Gasteiger partial charge in [-0.15, -0.1) is 0 Å². The highest BCUT2D eigenvalue weighted by Crippen LogP contribution is 2.42. The van der Waals surface area contributed by atoms with Gasteiger partial charge in [-0.05, 0) is 68.5 Å². The Kier molecular flexibility index (Phi) is 5.65. The molecule has 0 aliphatic carbocycles. The van der Waals surface area contributed by atoms with Crippen LogP contribution in [0.3, 0.4) is 0 Å². The molecule has 0 fully saturated rings. The van der Waals surface area contributed by atoms with Crippen LogP contribution in [-0.4, -0.2) is 33.9 Å². The van der Waals surface area contributed by atoms with E-state index in [2.05, 4.69) is 0 Å². The molecule has 0 saturated carbocycles. The lowest BCUT2D eigenvalue weighted by Crippen LogP contribution is -2.49. The largest absolute Gasteiger partial charge is 0.508 e. The second-order valence-corrected chi connectivity index (χ2v) is 8.97. The van der Waals surface area contributed by atoms with Crippen molar-refractivity contribution in [2.45, 2.75) is 52.2 Å². The molecule has 30 heavy (non-hydrogen) atoms. The quantitative estimate of drug-likeness (QED) is 0.603. The van der Waals surface area contributed by atoms with Gasteiger partial charge in [-0.2, -0.15) is 0 Å². The van der Waals surface area contributed by atoms with Crippen LogP contribution in [0.4, 0.5) is 5.69 Å². The number of rotatable bonds is 4. The molecule has 2 aromatic carbocycles. The molecule has 0 unspecified atom stereocenters. The zero-order valence-corrected chi connectivity index (χ0v) is 18.9. The Bertz CT molecular complexity index is 1080. The lowest BCUT2D eigenvalue weighted by atomic mass is 9.80. The summed E-state index contributed by atoms with van der Waals surface area (Å²) >= 11 is 6.14. The van der Waals surface area contributed by atoms with Crippen molar-refractivity contribution in [3.8, 4) is 11.1 Å². The fraction of sp³-hybridized carbons (Fsp3) is 0.375. The number of aliphatic hydroxyl groups excluding tert-OH is 1. The van der Waals surface area contributed by atoms with Crippen LogP contribution in [0.5, 0.6) is 0 Å². The third kappa shape index (κ3) is 3.80. The average Bonchev–Trinajstić information content (AvgIpc) is 2.66. The number of aryl methyl sites for hydroxylation is 1. The Hall–Kier alpha value is -2.50.